The topological polar surface area (TPSA) is 29.3 Å². The van der Waals surface area contributed by atoms with E-state index in [-0.39, 0.29) is 0 Å². The molecule has 3 heterocycles. The third-order valence-electron chi connectivity index (χ3n) is 2.62. The molecule has 17 heavy (non-hydrogen) atoms. The van der Waals surface area contributed by atoms with Gasteiger partial charge < -0.3 is 5.32 Å². The number of aromatic nitrogens is 2. The summed E-state index contributed by atoms with van der Waals surface area (Å²) in [5, 5.41) is 5.20. The van der Waals surface area contributed by atoms with Crippen molar-refractivity contribution in [1.82, 2.24) is 9.38 Å². The Morgan fingerprint density at radius 1 is 1.35 bits per heavy atom. The largest absolute Gasteiger partial charge is 0.387 e. The standard InChI is InChI=1S/C12H10BrN3S/c1-14-8-4-5-9-11(13)15-12(16(9)7-8)10-3-2-6-17-10/h2-7,14H,1H3. The lowest BCUT2D eigenvalue weighted by Gasteiger charge is -2.03. The minimum atomic E-state index is 0.878. The van der Waals surface area contributed by atoms with Crippen LogP contribution < -0.4 is 5.32 Å². The van der Waals surface area contributed by atoms with Crippen molar-refractivity contribution in [1.29, 1.82) is 0 Å². The number of thiophene rings is 1. The molecule has 0 aliphatic rings. The lowest BCUT2D eigenvalue weighted by atomic mass is 10.3. The molecular formula is C12H10BrN3S. The molecule has 0 aromatic carbocycles. The molecule has 0 unspecified atom stereocenters. The molecule has 0 atom stereocenters. The quantitative estimate of drug-likeness (QED) is 0.779. The fourth-order valence-corrected chi connectivity index (χ4v) is 2.98. The van der Waals surface area contributed by atoms with Crippen LogP contribution in [-0.2, 0) is 0 Å². The number of nitrogens with one attached hydrogen (secondary N) is 1. The Morgan fingerprint density at radius 2 is 2.24 bits per heavy atom. The number of fused-ring (bicyclic) bond motifs is 1. The van der Waals surface area contributed by atoms with E-state index in [0.29, 0.717) is 0 Å². The molecule has 0 aliphatic heterocycles. The molecule has 3 rings (SSSR count). The number of rotatable bonds is 2. The van der Waals surface area contributed by atoms with E-state index in [0.717, 1.165) is 21.6 Å². The molecule has 0 radical (unpaired) electrons. The zero-order chi connectivity index (χ0) is 11.8. The number of hydrogen-bond acceptors (Lipinski definition) is 3. The Morgan fingerprint density at radius 3 is 2.94 bits per heavy atom. The van der Waals surface area contributed by atoms with Gasteiger partial charge in [0.2, 0.25) is 0 Å². The minimum Gasteiger partial charge on any atom is -0.387 e. The van der Waals surface area contributed by atoms with E-state index in [1.807, 2.05) is 19.2 Å². The lowest BCUT2D eigenvalue weighted by Crippen LogP contribution is -1.92. The summed E-state index contributed by atoms with van der Waals surface area (Å²) >= 11 is 5.20. The highest BCUT2D eigenvalue weighted by molar-refractivity contribution is 9.10. The molecule has 0 aliphatic carbocycles. The fourth-order valence-electron chi connectivity index (χ4n) is 1.78. The van der Waals surface area contributed by atoms with Gasteiger partial charge in [-0.15, -0.1) is 11.3 Å². The van der Waals surface area contributed by atoms with Crippen LogP contribution >= 0.6 is 27.3 Å². The van der Waals surface area contributed by atoms with Gasteiger partial charge in [0.1, 0.15) is 4.60 Å². The van der Waals surface area contributed by atoms with Gasteiger partial charge in [-0.3, -0.25) is 4.40 Å². The molecule has 86 valence electrons. The lowest BCUT2D eigenvalue weighted by molar-refractivity contribution is 1.17. The van der Waals surface area contributed by atoms with Crippen molar-refractivity contribution in [2.24, 2.45) is 0 Å². The summed E-state index contributed by atoms with van der Waals surface area (Å²) in [5.41, 5.74) is 2.15. The molecule has 1 N–H and O–H groups in total. The van der Waals surface area contributed by atoms with Gasteiger partial charge in [-0.05, 0) is 39.5 Å². The first-order valence-corrected chi connectivity index (χ1v) is 6.86. The van der Waals surface area contributed by atoms with Crippen LogP contribution in [0.15, 0.2) is 40.4 Å². The number of halogens is 1. The van der Waals surface area contributed by atoms with Crippen LogP contribution in [0, 0.1) is 0 Å². The van der Waals surface area contributed by atoms with Crippen molar-refractivity contribution in [2.45, 2.75) is 0 Å². The van der Waals surface area contributed by atoms with Crippen molar-refractivity contribution in [3.63, 3.8) is 0 Å². The van der Waals surface area contributed by atoms with Crippen LogP contribution in [0.3, 0.4) is 0 Å². The van der Waals surface area contributed by atoms with Crippen LogP contribution in [0.2, 0.25) is 0 Å². The van der Waals surface area contributed by atoms with Gasteiger partial charge in [0, 0.05) is 13.2 Å². The average molecular weight is 308 g/mol. The maximum atomic E-state index is 4.57. The molecule has 0 bridgehead atoms. The third-order valence-corrected chi connectivity index (χ3v) is 4.07. The Hall–Kier alpha value is -1.33. The summed E-state index contributed by atoms with van der Waals surface area (Å²) in [6.07, 6.45) is 2.06. The monoisotopic (exact) mass is 307 g/mol. The highest BCUT2D eigenvalue weighted by Gasteiger charge is 2.11. The van der Waals surface area contributed by atoms with E-state index < -0.39 is 0 Å². The second-order valence-corrected chi connectivity index (χ2v) is 5.33. The fraction of sp³-hybridized carbons (Fsp3) is 0.0833. The van der Waals surface area contributed by atoms with Crippen molar-refractivity contribution in [3.8, 4) is 10.7 Å². The predicted octanol–water partition coefficient (Wildman–Crippen LogP) is 3.87. The number of imidazole rings is 1. The van der Waals surface area contributed by atoms with Crippen molar-refractivity contribution in [3.05, 3.63) is 40.4 Å². The minimum absolute atomic E-state index is 0.878. The number of pyridine rings is 1. The third kappa shape index (κ3) is 1.75. The summed E-state index contributed by atoms with van der Waals surface area (Å²) in [7, 11) is 1.91. The maximum Gasteiger partial charge on any atom is 0.156 e. The summed E-state index contributed by atoms with van der Waals surface area (Å²) in [5.74, 6) is 0.971. The van der Waals surface area contributed by atoms with Crippen molar-refractivity contribution in [2.75, 3.05) is 12.4 Å². The van der Waals surface area contributed by atoms with Gasteiger partial charge in [-0.2, -0.15) is 0 Å². The van der Waals surface area contributed by atoms with Gasteiger partial charge in [-0.1, -0.05) is 6.07 Å². The second-order valence-electron chi connectivity index (χ2n) is 3.63. The first kappa shape index (κ1) is 10.8. The van der Waals surface area contributed by atoms with E-state index in [9.17, 15) is 0 Å². The molecule has 0 amide bonds. The molecule has 5 heteroatoms. The molecule has 0 saturated carbocycles. The van der Waals surface area contributed by atoms with Gasteiger partial charge in [0.05, 0.1) is 16.1 Å². The van der Waals surface area contributed by atoms with Crippen LogP contribution in [0.1, 0.15) is 0 Å². The Labute approximate surface area is 111 Å². The SMILES string of the molecule is CNc1ccc2c(Br)nc(-c3cccs3)n2c1. The molecule has 3 aromatic rings. The van der Waals surface area contributed by atoms with Crippen molar-refractivity contribution < 1.29 is 0 Å². The Kier molecular flexibility index (Phi) is 2.64. The van der Waals surface area contributed by atoms with Crippen LogP contribution in [-0.4, -0.2) is 16.4 Å². The Bertz CT molecular complexity index is 658. The first-order chi connectivity index (χ1) is 8.29. The van der Waals surface area contributed by atoms with Crippen LogP contribution in [0.5, 0.6) is 0 Å². The van der Waals surface area contributed by atoms with Crippen molar-refractivity contribution >= 4 is 38.5 Å². The van der Waals surface area contributed by atoms with E-state index >= 15 is 0 Å². The normalized spacial score (nSPS) is 10.9. The first-order valence-electron chi connectivity index (χ1n) is 5.19. The molecular weight excluding hydrogens is 298 g/mol. The van der Waals surface area contributed by atoms with Crippen LogP contribution in [0.4, 0.5) is 5.69 Å². The average Bonchev–Trinajstić information content (AvgIpc) is 2.97. The van der Waals surface area contributed by atoms with E-state index in [1.165, 1.54) is 4.88 Å². The van der Waals surface area contributed by atoms with Gasteiger partial charge in [-0.25, -0.2) is 4.98 Å². The zero-order valence-electron chi connectivity index (χ0n) is 9.14. The highest BCUT2D eigenvalue weighted by Crippen LogP contribution is 2.29. The van der Waals surface area contributed by atoms with E-state index in [4.69, 9.17) is 0 Å². The van der Waals surface area contributed by atoms with E-state index in [2.05, 4.69) is 54.3 Å². The Balaban J connectivity index is 2.31. The molecule has 0 fully saturated rings. The van der Waals surface area contributed by atoms with Crippen LogP contribution in [0.25, 0.3) is 16.2 Å². The smallest absolute Gasteiger partial charge is 0.156 e. The predicted molar refractivity (Wildman–Crippen MR) is 75.8 cm³/mol. The summed E-state index contributed by atoms with van der Waals surface area (Å²) < 4.78 is 2.98. The van der Waals surface area contributed by atoms with Gasteiger partial charge >= 0.3 is 0 Å². The van der Waals surface area contributed by atoms with Gasteiger partial charge in [0.25, 0.3) is 0 Å². The number of anilines is 1. The highest BCUT2D eigenvalue weighted by atomic mass is 79.9. The molecule has 0 saturated heterocycles. The second kappa shape index (κ2) is 4.16. The zero-order valence-corrected chi connectivity index (χ0v) is 11.5. The van der Waals surface area contributed by atoms with E-state index in [1.54, 1.807) is 11.3 Å². The number of nitrogens with zero attached hydrogens (tertiary/aromatic N) is 2. The summed E-state index contributed by atoms with van der Waals surface area (Å²) in [6, 6.07) is 8.22. The molecule has 3 nitrogen and oxygen atoms in total. The maximum absolute atomic E-state index is 4.57. The molecule has 0 spiro atoms. The van der Waals surface area contributed by atoms with Gasteiger partial charge in [0.15, 0.2) is 5.82 Å². The summed E-state index contributed by atoms with van der Waals surface area (Å²) in [4.78, 5) is 5.74. The molecule has 3 aromatic heterocycles. The number of hydrogen-bond donors (Lipinski definition) is 1. The summed E-state index contributed by atoms with van der Waals surface area (Å²) in [6.45, 7) is 0.